The van der Waals surface area contributed by atoms with Crippen LogP contribution in [0.2, 0.25) is 0 Å². The van der Waals surface area contributed by atoms with Gasteiger partial charge >= 0.3 is 5.97 Å². The minimum atomic E-state index is -1.05. The molecule has 7 heteroatoms. The summed E-state index contributed by atoms with van der Waals surface area (Å²) in [5, 5.41) is 13.2. The Bertz CT molecular complexity index is 783. The molecule has 3 rings (SSSR count). The van der Waals surface area contributed by atoms with Gasteiger partial charge < -0.3 is 14.6 Å². The van der Waals surface area contributed by atoms with E-state index >= 15 is 0 Å². The highest BCUT2D eigenvalue weighted by molar-refractivity contribution is 9.10. The second kappa shape index (κ2) is 5.88. The van der Waals surface area contributed by atoms with Crippen LogP contribution < -0.4 is 9.47 Å². The fourth-order valence-corrected chi connectivity index (χ4v) is 3.32. The third-order valence-corrected chi connectivity index (χ3v) is 4.35. The van der Waals surface area contributed by atoms with E-state index in [1.807, 2.05) is 6.07 Å². The van der Waals surface area contributed by atoms with Crippen LogP contribution in [-0.2, 0) is 7.05 Å². The molecule has 1 N–H and O–H groups in total. The number of carboxylic acid groups (broad SMARTS) is 1. The van der Waals surface area contributed by atoms with Gasteiger partial charge in [0.25, 0.3) is 0 Å². The molecule has 0 saturated heterocycles. The summed E-state index contributed by atoms with van der Waals surface area (Å²) in [7, 11) is 1.73. The lowest BCUT2D eigenvalue weighted by atomic mass is 9.93. The molecule has 1 aromatic heterocycles. The molecule has 1 aliphatic heterocycles. The summed E-state index contributed by atoms with van der Waals surface area (Å²) >= 11 is 3.52. The van der Waals surface area contributed by atoms with Crippen molar-refractivity contribution in [3.63, 3.8) is 0 Å². The van der Waals surface area contributed by atoms with Crippen LogP contribution in [0, 0.1) is 0 Å². The Morgan fingerprint density at radius 2 is 1.96 bits per heavy atom. The van der Waals surface area contributed by atoms with Gasteiger partial charge in [-0.3, -0.25) is 4.68 Å². The predicted molar refractivity (Wildman–Crippen MR) is 88.4 cm³/mol. The zero-order valence-electron chi connectivity index (χ0n) is 13.1. The average Bonchev–Trinajstić information content (AvgIpc) is 2.89. The van der Waals surface area contributed by atoms with Gasteiger partial charge in [0.2, 0.25) is 0 Å². The number of fused-ring (bicyclic) bond motifs is 1. The highest BCUT2D eigenvalue weighted by Gasteiger charge is 2.27. The van der Waals surface area contributed by atoms with Crippen LogP contribution in [0.15, 0.2) is 16.6 Å². The number of nitrogens with zero attached hydrogens (tertiary/aromatic N) is 2. The van der Waals surface area contributed by atoms with Crippen LogP contribution in [0.25, 0.3) is 11.3 Å². The number of benzene rings is 1. The van der Waals surface area contributed by atoms with E-state index in [4.69, 9.17) is 14.6 Å². The van der Waals surface area contributed by atoms with E-state index in [2.05, 4.69) is 34.9 Å². The molecule has 1 aromatic carbocycles. The SMILES string of the molecule is CC(C)c1c(-c2cc(C(=O)O)nn2C)cc(Br)c2c1OCCO2. The van der Waals surface area contributed by atoms with Gasteiger partial charge in [-0.05, 0) is 34.0 Å². The molecule has 0 spiro atoms. The van der Waals surface area contributed by atoms with Crippen molar-refractivity contribution in [1.82, 2.24) is 9.78 Å². The van der Waals surface area contributed by atoms with Crippen molar-refractivity contribution in [3.05, 3.63) is 27.9 Å². The Morgan fingerprint density at radius 1 is 1.30 bits per heavy atom. The summed E-state index contributed by atoms with van der Waals surface area (Å²) in [5.74, 6) is 0.546. The summed E-state index contributed by atoms with van der Waals surface area (Å²) < 4.78 is 13.9. The van der Waals surface area contributed by atoms with Gasteiger partial charge in [-0.15, -0.1) is 0 Å². The lowest BCUT2D eigenvalue weighted by Gasteiger charge is -2.26. The molecule has 2 heterocycles. The van der Waals surface area contributed by atoms with Gasteiger partial charge in [-0.25, -0.2) is 4.79 Å². The number of hydrogen-bond acceptors (Lipinski definition) is 4. The van der Waals surface area contributed by atoms with Gasteiger partial charge in [0.1, 0.15) is 13.2 Å². The largest absolute Gasteiger partial charge is 0.486 e. The maximum Gasteiger partial charge on any atom is 0.356 e. The van der Waals surface area contributed by atoms with Crippen molar-refractivity contribution in [2.75, 3.05) is 13.2 Å². The lowest BCUT2D eigenvalue weighted by Crippen LogP contribution is -2.18. The first kappa shape index (κ1) is 15.9. The van der Waals surface area contributed by atoms with Crippen molar-refractivity contribution in [2.45, 2.75) is 19.8 Å². The molecule has 0 fully saturated rings. The van der Waals surface area contributed by atoms with Gasteiger partial charge in [-0.1, -0.05) is 13.8 Å². The fraction of sp³-hybridized carbons (Fsp3) is 0.375. The van der Waals surface area contributed by atoms with Gasteiger partial charge in [0.05, 0.1) is 10.2 Å². The molecule has 122 valence electrons. The van der Waals surface area contributed by atoms with Crippen molar-refractivity contribution < 1.29 is 19.4 Å². The van der Waals surface area contributed by atoms with Gasteiger partial charge in [0, 0.05) is 18.2 Å². The van der Waals surface area contributed by atoms with E-state index in [-0.39, 0.29) is 11.6 Å². The number of ether oxygens (including phenoxy) is 2. The minimum absolute atomic E-state index is 0.0169. The third kappa shape index (κ3) is 2.69. The Labute approximate surface area is 142 Å². The van der Waals surface area contributed by atoms with E-state index in [9.17, 15) is 4.79 Å². The Kier molecular flexibility index (Phi) is 4.06. The van der Waals surface area contributed by atoms with Crippen molar-refractivity contribution >= 4 is 21.9 Å². The molecule has 23 heavy (non-hydrogen) atoms. The number of aromatic nitrogens is 2. The van der Waals surface area contributed by atoms with Crippen LogP contribution in [0.1, 0.15) is 35.8 Å². The predicted octanol–water partition coefficient (Wildman–Crippen LogP) is 3.44. The first-order chi connectivity index (χ1) is 10.9. The van der Waals surface area contributed by atoms with E-state index < -0.39 is 5.97 Å². The van der Waals surface area contributed by atoms with E-state index in [1.54, 1.807) is 17.8 Å². The number of hydrogen-bond donors (Lipinski definition) is 1. The molecule has 0 bridgehead atoms. The standard InChI is InChI=1S/C16H17BrN2O4/c1-8(2)13-9(12-7-11(16(20)21)18-19(12)3)6-10(17)14-15(13)23-5-4-22-14/h6-8H,4-5H2,1-3H3,(H,20,21). The van der Waals surface area contributed by atoms with Gasteiger partial charge in [-0.2, -0.15) is 5.10 Å². The molecule has 0 saturated carbocycles. The van der Waals surface area contributed by atoms with Crippen LogP contribution in [0.5, 0.6) is 11.5 Å². The Balaban J connectivity index is 2.27. The summed E-state index contributed by atoms with van der Waals surface area (Å²) in [6.45, 7) is 5.14. The number of aromatic carboxylic acids is 1. The topological polar surface area (TPSA) is 73.6 Å². The van der Waals surface area contributed by atoms with Crippen molar-refractivity contribution in [2.24, 2.45) is 7.05 Å². The molecule has 0 unspecified atom stereocenters. The van der Waals surface area contributed by atoms with Crippen molar-refractivity contribution in [3.8, 4) is 22.8 Å². The Morgan fingerprint density at radius 3 is 2.52 bits per heavy atom. The Hall–Kier alpha value is -2.02. The second-order valence-electron chi connectivity index (χ2n) is 5.67. The molecule has 6 nitrogen and oxygen atoms in total. The molecular weight excluding hydrogens is 364 g/mol. The zero-order chi connectivity index (χ0) is 16.7. The number of rotatable bonds is 3. The molecule has 0 amide bonds. The third-order valence-electron chi connectivity index (χ3n) is 3.76. The number of halogens is 1. The number of carbonyl (C=O) groups is 1. The average molecular weight is 381 g/mol. The monoisotopic (exact) mass is 380 g/mol. The second-order valence-corrected chi connectivity index (χ2v) is 6.53. The maximum atomic E-state index is 11.2. The molecule has 0 aliphatic carbocycles. The first-order valence-corrected chi connectivity index (χ1v) is 8.09. The van der Waals surface area contributed by atoms with E-state index in [0.29, 0.717) is 24.7 Å². The normalized spacial score (nSPS) is 13.4. The summed E-state index contributed by atoms with van der Waals surface area (Å²) in [5.41, 5.74) is 2.62. The summed E-state index contributed by atoms with van der Waals surface area (Å²) in [4.78, 5) is 11.2. The molecule has 0 radical (unpaired) electrons. The molecule has 2 aromatic rings. The lowest BCUT2D eigenvalue weighted by molar-refractivity contribution is 0.0689. The van der Waals surface area contributed by atoms with E-state index in [0.717, 1.165) is 21.3 Å². The highest BCUT2D eigenvalue weighted by Crippen LogP contribution is 2.48. The van der Waals surface area contributed by atoms with Crippen LogP contribution in [0.3, 0.4) is 0 Å². The van der Waals surface area contributed by atoms with Crippen LogP contribution in [0.4, 0.5) is 0 Å². The first-order valence-electron chi connectivity index (χ1n) is 7.29. The minimum Gasteiger partial charge on any atom is -0.486 e. The van der Waals surface area contributed by atoms with E-state index in [1.165, 1.54) is 0 Å². The molecule has 0 atom stereocenters. The molecular formula is C16H17BrN2O4. The number of carboxylic acids is 1. The summed E-state index contributed by atoms with van der Waals surface area (Å²) in [6.07, 6.45) is 0. The van der Waals surface area contributed by atoms with Crippen molar-refractivity contribution in [1.29, 1.82) is 0 Å². The zero-order valence-corrected chi connectivity index (χ0v) is 14.7. The highest BCUT2D eigenvalue weighted by atomic mass is 79.9. The maximum absolute atomic E-state index is 11.2. The van der Waals surface area contributed by atoms with Crippen LogP contribution >= 0.6 is 15.9 Å². The fourth-order valence-electron chi connectivity index (χ4n) is 2.80. The van der Waals surface area contributed by atoms with Crippen LogP contribution in [-0.4, -0.2) is 34.1 Å². The quantitative estimate of drug-likeness (QED) is 0.882. The van der Waals surface area contributed by atoms with Gasteiger partial charge in [0.15, 0.2) is 17.2 Å². The number of aryl methyl sites for hydroxylation is 1. The molecule has 1 aliphatic rings. The smallest absolute Gasteiger partial charge is 0.356 e. The summed E-state index contributed by atoms with van der Waals surface area (Å²) in [6, 6.07) is 3.51.